The summed E-state index contributed by atoms with van der Waals surface area (Å²) in [6, 6.07) is 8.69. The van der Waals surface area contributed by atoms with Gasteiger partial charge >= 0.3 is 0 Å². The summed E-state index contributed by atoms with van der Waals surface area (Å²) in [7, 11) is 0. The zero-order chi connectivity index (χ0) is 19.2. The zero-order valence-electron chi connectivity index (χ0n) is 16.3. The van der Waals surface area contributed by atoms with Gasteiger partial charge in [-0.15, -0.1) is 0 Å². The molecule has 0 aromatic heterocycles. The lowest BCUT2D eigenvalue weighted by Gasteiger charge is -2.36. The number of rotatable bonds is 8. The third kappa shape index (κ3) is 5.30. The average Bonchev–Trinajstić information content (AvgIpc) is 2.57. The smallest absolute Gasteiger partial charge is 0.237 e. The maximum Gasteiger partial charge on any atom is 0.237 e. The van der Waals surface area contributed by atoms with Crippen molar-refractivity contribution < 1.29 is 9.59 Å². The molecule has 0 saturated carbocycles. The fourth-order valence-electron chi connectivity index (χ4n) is 2.82. The van der Waals surface area contributed by atoms with E-state index in [0.29, 0.717) is 6.54 Å². The maximum absolute atomic E-state index is 12.9. The molecular weight excluding hydrogens is 314 g/mol. The van der Waals surface area contributed by atoms with Crippen LogP contribution in [0.15, 0.2) is 30.3 Å². The first-order chi connectivity index (χ1) is 11.6. The highest BCUT2D eigenvalue weighted by atomic mass is 16.2. The van der Waals surface area contributed by atoms with Crippen molar-refractivity contribution in [1.82, 2.24) is 10.6 Å². The highest BCUT2D eigenvalue weighted by Crippen LogP contribution is 2.35. The molecule has 1 aromatic carbocycles. The fourth-order valence-corrected chi connectivity index (χ4v) is 2.82. The van der Waals surface area contributed by atoms with Crippen molar-refractivity contribution in [3.63, 3.8) is 0 Å². The van der Waals surface area contributed by atoms with Crippen LogP contribution in [0.3, 0.4) is 0 Å². The summed E-state index contributed by atoms with van der Waals surface area (Å²) in [5, 5.41) is 5.95. The molecule has 0 spiro atoms. The third-order valence-electron chi connectivity index (χ3n) is 5.29. The molecule has 0 fully saturated rings. The van der Waals surface area contributed by atoms with Crippen LogP contribution >= 0.6 is 0 Å². The first-order valence-electron chi connectivity index (χ1n) is 8.99. The molecule has 1 aromatic rings. The lowest BCUT2D eigenvalue weighted by Crippen LogP contribution is -2.49. The van der Waals surface area contributed by atoms with E-state index in [9.17, 15) is 9.59 Å². The molecule has 0 saturated heterocycles. The second kappa shape index (κ2) is 8.99. The van der Waals surface area contributed by atoms with Crippen LogP contribution < -0.4 is 16.4 Å². The first kappa shape index (κ1) is 21.2. The summed E-state index contributed by atoms with van der Waals surface area (Å²) < 4.78 is 0. The Labute approximate surface area is 151 Å². The van der Waals surface area contributed by atoms with Gasteiger partial charge in [0.05, 0.1) is 17.5 Å². The maximum atomic E-state index is 12.9. The van der Waals surface area contributed by atoms with Crippen molar-refractivity contribution in [2.75, 3.05) is 6.54 Å². The molecule has 5 nitrogen and oxygen atoms in total. The number of carbonyl (C=O) groups excluding carboxylic acids is 2. The van der Waals surface area contributed by atoms with Crippen molar-refractivity contribution in [3.8, 4) is 0 Å². The van der Waals surface area contributed by atoms with E-state index >= 15 is 0 Å². The molecule has 2 amide bonds. The first-order valence-corrected chi connectivity index (χ1v) is 8.99. The minimum atomic E-state index is -0.599. The molecule has 25 heavy (non-hydrogen) atoms. The Bertz CT molecular complexity index is 560. The number of hydrogen-bond acceptors (Lipinski definition) is 3. The Morgan fingerprint density at radius 3 is 2.00 bits per heavy atom. The van der Waals surface area contributed by atoms with Gasteiger partial charge in [0.25, 0.3) is 0 Å². The van der Waals surface area contributed by atoms with Gasteiger partial charge in [0.15, 0.2) is 0 Å². The molecule has 0 aliphatic carbocycles. The van der Waals surface area contributed by atoms with Crippen molar-refractivity contribution in [2.24, 2.45) is 23.0 Å². The van der Waals surface area contributed by atoms with E-state index in [1.54, 1.807) is 6.92 Å². The standard InChI is InChI=1S/C20H33N3O2/c1-13(2)20(6,14(3)4)19(25)22-12-17(23-18(24)15(5)21)16-10-8-7-9-11-16/h7-11,13-15,17H,12,21H2,1-6H3,(H,22,25)(H,23,24)/t15-,17-/m1/s1. The predicted octanol–water partition coefficient (Wildman–Crippen LogP) is 2.63. The Kier molecular flexibility index (Phi) is 7.61. The van der Waals surface area contributed by atoms with Gasteiger partial charge in [-0.2, -0.15) is 0 Å². The van der Waals surface area contributed by atoms with E-state index < -0.39 is 11.5 Å². The van der Waals surface area contributed by atoms with E-state index in [2.05, 4.69) is 38.3 Å². The van der Waals surface area contributed by atoms with Crippen LogP contribution in [0.25, 0.3) is 0 Å². The van der Waals surface area contributed by atoms with Gasteiger partial charge in [-0.25, -0.2) is 0 Å². The number of nitrogens with two attached hydrogens (primary N) is 1. The Morgan fingerprint density at radius 2 is 1.56 bits per heavy atom. The molecule has 0 aliphatic heterocycles. The highest BCUT2D eigenvalue weighted by molar-refractivity contribution is 5.83. The predicted molar refractivity (Wildman–Crippen MR) is 102 cm³/mol. The third-order valence-corrected chi connectivity index (χ3v) is 5.29. The number of carbonyl (C=O) groups is 2. The SMILES string of the molecule is CC(C)C(C)(C(=O)NC[C@@H](NC(=O)[C@@H](C)N)c1ccccc1)C(C)C. The summed E-state index contributed by atoms with van der Waals surface area (Å²) in [6.45, 7) is 12.2. The van der Waals surface area contributed by atoms with E-state index in [1.807, 2.05) is 37.3 Å². The van der Waals surface area contributed by atoms with Crippen molar-refractivity contribution in [2.45, 2.75) is 53.6 Å². The molecule has 1 rings (SSSR count). The molecule has 0 radical (unpaired) electrons. The van der Waals surface area contributed by atoms with Gasteiger partial charge in [0.2, 0.25) is 11.8 Å². The molecular formula is C20H33N3O2. The van der Waals surface area contributed by atoms with Gasteiger partial charge in [-0.3, -0.25) is 9.59 Å². The topological polar surface area (TPSA) is 84.2 Å². The molecule has 4 N–H and O–H groups in total. The second-order valence-electron chi connectivity index (χ2n) is 7.56. The van der Waals surface area contributed by atoms with Crippen LogP contribution in [0.5, 0.6) is 0 Å². The van der Waals surface area contributed by atoms with Gasteiger partial charge in [-0.1, -0.05) is 65.0 Å². The largest absolute Gasteiger partial charge is 0.353 e. The lowest BCUT2D eigenvalue weighted by atomic mass is 9.70. The Morgan fingerprint density at radius 1 is 1.04 bits per heavy atom. The number of hydrogen-bond donors (Lipinski definition) is 3. The van der Waals surface area contributed by atoms with Gasteiger partial charge < -0.3 is 16.4 Å². The minimum absolute atomic E-state index is 0.00785. The lowest BCUT2D eigenvalue weighted by molar-refractivity contribution is -0.136. The van der Waals surface area contributed by atoms with E-state index in [-0.39, 0.29) is 29.7 Å². The van der Waals surface area contributed by atoms with Crippen LogP contribution in [0, 0.1) is 17.3 Å². The van der Waals surface area contributed by atoms with Crippen molar-refractivity contribution in [1.29, 1.82) is 0 Å². The molecule has 0 heterocycles. The number of amides is 2. The minimum Gasteiger partial charge on any atom is -0.353 e. The summed E-state index contributed by atoms with van der Waals surface area (Å²) in [4.78, 5) is 24.9. The average molecular weight is 348 g/mol. The molecule has 2 atom stereocenters. The fraction of sp³-hybridized carbons (Fsp3) is 0.600. The van der Waals surface area contributed by atoms with E-state index in [0.717, 1.165) is 5.56 Å². The zero-order valence-corrected chi connectivity index (χ0v) is 16.3. The van der Waals surface area contributed by atoms with Gasteiger partial charge in [-0.05, 0) is 24.3 Å². The summed E-state index contributed by atoms with van der Waals surface area (Å²) in [5.41, 5.74) is 6.14. The normalized spacial score (nSPS) is 14.3. The second-order valence-corrected chi connectivity index (χ2v) is 7.56. The number of benzene rings is 1. The summed E-state index contributed by atoms with van der Waals surface area (Å²) in [6.07, 6.45) is 0. The quantitative estimate of drug-likeness (QED) is 0.676. The Hall–Kier alpha value is -1.88. The molecule has 0 unspecified atom stereocenters. The van der Waals surface area contributed by atoms with Crippen LogP contribution in [-0.2, 0) is 9.59 Å². The van der Waals surface area contributed by atoms with Gasteiger partial charge in [0.1, 0.15) is 0 Å². The molecule has 140 valence electrons. The summed E-state index contributed by atoms with van der Waals surface area (Å²) >= 11 is 0. The van der Waals surface area contributed by atoms with E-state index in [1.165, 1.54) is 0 Å². The van der Waals surface area contributed by atoms with Crippen molar-refractivity contribution in [3.05, 3.63) is 35.9 Å². The van der Waals surface area contributed by atoms with Crippen LogP contribution in [-0.4, -0.2) is 24.4 Å². The number of nitrogens with one attached hydrogen (secondary N) is 2. The van der Waals surface area contributed by atoms with Crippen LogP contribution in [0.2, 0.25) is 0 Å². The van der Waals surface area contributed by atoms with Crippen molar-refractivity contribution >= 4 is 11.8 Å². The van der Waals surface area contributed by atoms with Crippen LogP contribution in [0.4, 0.5) is 0 Å². The Balaban J connectivity index is 2.92. The summed E-state index contributed by atoms with van der Waals surface area (Å²) in [5.74, 6) is 0.190. The monoisotopic (exact) mass is 347 g/mol. The molecule has 5 heteroatoms. The molecule has 0 aliphatic rings. The van der Waals surface area contributed by atoms with E-state index in [4.69, 9.17) is 5.73 Å². The van der Waals surface area contributed by atoms with Gasteiger partial charge in [0, 0.05) is 6.54 Å². The molecule has 0 bridgehead atoms. The highest BCUT2D eigenvalue weighted by Gasteiger charge is 2.39. The van der Waals surface area contributed by atoms with Crippen LogP contribution in [0.1, 0.15) is 53.1 Å².